The van der Waals surface area contributed by atoms with Crippen molar-refractivity contribution in [2.45, 2.75) is 159 Å². The second-order valence-electron chi connectivity index (χ2n) is 25.5. The van der Waals surface area contributed by atoms with E-state index in [0.29, 0.717) is 36.7 Å². The van der Waals surface area contributed by atoms with Gasteiger partial charge in [0, 0.05) is 60.9 Å². The number of ether oxygens (including phenoxy) is 1. The topological polar surface area (TPSA) is 274 Å². The fourth-order valence-corrected chi connectivity index (χ4v) is 17.5. The van der Waals surface area contributed by atoms with Crippen LogP contribution in [-0.4, -0.2) is 108 Å². The Kier molecular flexibility index (Phi) is 15.0. The van der Waals surface area contributed by atoms with Gasteiger partial charge in [-0.15, -0.1) is 5.92 Å². The zero-order chi connectivity index (χ0) is 54.1. The first kappa shape index (κ1) is 54.4. The van der Waals surface area contributed by atoms with Crippen molar-refractivity contribution in [3.05, 3.63) is 76.8 Å². The number of aromatic nitrogens is 1. The van der Waals surface area contributed by atoms with Crippen molar-refractivity contribution >= 4 is 23.5 Å². The molecule has 2 heterocycles. The van der Waals surface area contributed by atoms with Crippen molar-refractivity contribution in [1.29, 1.82) is 0 Å². The average molecular weight is 1050 g/mol. The van der Waals surface area contributed by atoms with Gasteiger partial charge < -0.3 is 57.1 Å². The van der Waals surface area contributed by atoms with Crippen LogP contribution in [0.2, 0.25) is 0 Å². The predicted molar refractivity (Wildman–Crippen MR) is 286 cm³/mol. The number of phenols is 1. The van der Waals surface area contributed by atoms with Gasteiger partial charge in [-0.3, -0.25) is 19.4 Å². The Bertz CT molecular complexity index is 2670. The Balaban J connectivity index is 1.10. The molecule has 4 saturated carbocycles. The lowest BCUT2D eigenvalue weighted by molar-refractivity contribution is -0.190. The molecule has 15 heteroatoms. The quantitative estimate of drug-likeness (QED) is 0.0425. The van der Waals surface area contributed by atoms with Gasteiger partial charge in [0.2, 0.25) is 0 Å². The minimum atomic E-state index is -1.85. The summed E-state index contributed by atoms with van der Waals surface area (Å²) in [5.41, 5.74) is 10.0. The molecule has 0 spiro atoms. The van der Waals surface area contributed by atoms with Crippen molar-refractivity contribution in [2.75, 3.05) is 19.7 Å². The summed E-state index contributed by atoms with van der Waals surface area (Å²) in [7, 11) is 0. The molecule has 76 heavy (non-hydrogen) atoms. The molecule has 2 aromatic rings. The highest BCUT2D eigenvalue weighted by Gasteiger charge is 2.74. The van der Waals surface area contributed by atoms with E-state index in [-0.39, 0.29) is 129 Å². The first-order valence-electron chi connectivity index (χ1n) is 28.5. The summed E-state index contributed by atoms with van der Waals surface area (Å²) in [6.07, 6.45) is 9.68. The number of carbonyl (C=O) groups excluding carboxylic acids is 3. The summed E-state index contributed by atoms with van der Waals surface area (Å²) in [5.74, 6) is 4.30. The largest absolute Gasteiger partial charge is 0.508 e. The molecule has 0 amide bonds. The number of ketones is 2. The van der Waals surface area contributed by atoms with Crippen molar-refractivity contribution in [3.8, 4) is 17.6 Å². The number of H-pyrrole nitrogens is 1. The number of nitrogens with one attached hydrogen (secondary N) is 2. The fourth-order valence-electron chi connectivity index (χ4n) is 17.5. The third kappa shape index (κ3) is 9.53. The van der Waals surface area contributed by atoms with Gasteiger partial charge in [-0.2, -0.15) is 0 Å². The second kappa shape index (κ2) is 21.0. The molecular formula is C61H83N5O10. The molecule has 8 aliphatic rings. The number of esters is 1. The summed E-state index contributed by atoms with van der Waals surface area (Å²) < 4.78 is 5.93. The van der Waals surface area contributed by atoms with Gasteiger partial charge in [0.15, 0.2) is 17.5 Å². The molecule has 0 unspecified atom stereocenters. The van der Waals surface area contributed by atoms with Crippen LogP contribution in [0.5, 0.6) is 5.75 Å². The van der Waals surface area contributed by atoms with E-state index in [4.69, 9.17) is 16.2 Å². The van der Waals surface area contributed by atoms with Gasteiger partial charge in [-0.1, -0.05) is 50.5 Å². The number of aliphatic hydroxyl groups is 5. The second-order valence-corrected chi connectivity index (χ2v) is 25.5. The number of nitrogens with two attached hydrogens (primary N) is 2. The Morgan fingerprint density at radius 1 is 0.947 bits per heavy atom. The number of nitrogens with zero attached hydrogens (tertiary/aromatic N) is 1. The number of aryl methyl sites for hydroxylation is 1. The number of carbonyl (C=O) groups is 3. The highest BCUT2D eigenvalue weighted by Crippen LogP contribution is 2.72. The van der Waals surface area contributed by atoms with E-state index in [9.17, 15) is 40.2 Å². The molecular weight excluding hydrogens is 963 g/mol. The number of aliphatic imine (C=N–C) groups is 1. The minimum absolute atomic E-state index is 0.0106. The number of rotatable bonds is 11. The minimum Gasteiger partial charge on any atom is -0.508 e. The number of allylic oxidation sites excluding steroid dienone is 3. The number of phenolic OH excluding ortho intramolecular Hbond substituents is 1. The zero-order valence-corrected chi connectivity index (χ0v) is 44.9. The normalized spacial score (nSPS) is 42.1. The maximum absolute atomic E-state index is 15.4. The standard InChI is InChI=1S/C61H83N5O10/c1-33-8-12-36-13-17-42-34(2)25-50(71)59(4,74)55-38(7-5-6-37(26-44(42)43(36)24-33)45-32-76-56(73)51(45)39-19-22-64-30-39)28-61(75)52-46(18-20-60(55,61)21-23-65-57(62)63)58(3)29-49(70)48(69)27-47(58)54(72)53(52)66-31-41(68)16-11-35-9-14-40(67)15-10-35/h9-10,13-15,19,22,30,33-34,37-38,42-51,55,64,66-67,69-71,74-75H,7-8,11-12,16-18,20-21,23-29,31-32H2,1-4H3,(H4,62,63,65)/t33-,34+,37-,38-,42-,43+,44+,45-,46-,47-,48+,49-,50+,51-,55+,58+,59-,60-,61+/m0/s1. The molecule has 10 rings (SSSR count). The molecule has 1 aliphatic heterocycles. The molecule has 0 radical (unpaired) electrons. The summed E-state index contributed by atoms with van der Waals surface area (Å²) in [6.45, 7) is 8.32. The van der Waals surface area contributed by atoms with E-state index in [2.05, 4.69) is 47.1 Å². The van der Waals surface area contributed by atoms with Crippen LogP contribution < -0.4 is 16.8 Å². The number of aromatic hydroxyl groups is 1. The van der Waals surface area contributed by atoms with Crippen LogP contribution >= 0.6 is 0 Å². The molecule has 5 fully saturated rings. The number of guanidine groups is 1. The lowest BCUT2D eigenvalue weighted by Gasteiger charge is -2.62. The third-order valence-corrected chi connectivity index (χ3v) is 21.2. The van der Waals surface area contributed by atoms with E-state index in [1.54, 1.807) is 31.2 Å². The lowest BCUT2D eigenvalue weighted by atomic mass is 9.44. The van der Waals surface area contributed by atoms with Gasteiger partial charge in [-0.05, 0) is 172 Å². The van der Waals surface area contributed by atoms with Crippen molar-refractivity contribution in [1.82, 2.24) is 10.3 Å². The Morgan fingerprint density at radius 2 is 1.72 bits per heavy atom. The molecule has 7 aliphatic carbocycles. The van der Waals surface area contributed by atoms with Crippen LogP contribution in [0.4, 0.5) is 0 Å². The highest BCUT2D eigenvalue weighted by molar-refractivity contribution is 6.00. The molecule has 19 atom stereocenters. The van der Waals surface area contributed by atoms with Crippen LogP contribution in [0.1, 0.15) is 135 Å². The first-order chi connectivity index (χ1) is 36.2. The van der Waals surface area contributed by atoms with E-state index < -0.39 is 69.9 Å². The summed E-state index contributed by atoms with van der Waals surface area (Å²) in [6, 6.07) is 8.60. The first-order valence-corrected chi connectivity index (χ1v) is 28.5. The number of aromatic amines is 1. The SMILES string of the molecule is C[C@H]1CCC2=CC[C@@H]3[C@@H](C[C@@H]([C@@H]4COC(=O)[C@H]4c4cc[nH]c4)C#CC[C@H]4C[C@@]5(O)C6=C(NCC(=O)CCc7ccc(O)cc7)C(=O)[C@@H]7C[C@@H](O)[C@@H](O)C[C@]7(C)[C@H]6CC[C@]5(CCN=C(N)N)[C@H]4[C@@](C)(O)[C@H](O)C[C@H]3C)[C@@H]2C1. The number of Topliss-reactive ketones (excluding diaryl/α,β-unsaturated/α-hetero) is 2. The number of benzene rings is 1. The highest BCUT2D eigenvalue weighted by atomic mass is 16.5. The van der Waals surface area contributed by atoms with E-state index in [0.717, 1.165) is 43.2 Å². The maximum atomic E-state index is 15.4. The average Bonchev–Trinajstić information content (AvgIpc) is 4.13. The number of cyclic esters (lactones) is 1. The van der Waals surface area contributed by atoms with E-state index >= 15 is 4.79 Å². The fraction of sp³-hybridized carbons (Fsp3) is 0.672. The summed E-state index contributed by atoms with van der Waals surface area (Å²) in [4.78, 5) is 50.7. The smallest absolute Gasteiger partial charge is 0.313 e. The summed E-state index contributed by atoms with van der Waals surface area (Å²) in [5, 5.41) is 76.6. The molecule has 412 valence electrons. The number of hydrogen-bond donors (Lipinski definition) is 10. The van der Waals surface area contributed by atoms with Gasteiger partial charge in [-0.25, -0.2) is 0 Å². The zero-order valence-electron chi connectivity index (χ0n) is 44.9. The Hall–Kier alpha value is -4.98. The predicted octanol–water partition coefficient (Wildman–Crippen LogP) is 5.72. The van der Waals surface area contributed by atoms with E-state index in [1.165, 1.54) is 5.57 Å². The van der Waals surface area contributed by atoms with Crippen molar-refractivity contribution in [2.24, 2.45) is 92.4 Å². The maximum Gasteiger partial charge on any atom is 0.313 e. The van der Waals surface area contributed by atoms with Crippen LogP contribution in [-0.2, 0) is 25.5 Å². The lowest BCUT2D eigenvalue weighted by Crippen LogP contribution is -2.65. The van der Waals surface area contributed by atoms with Crippen LogP contribution in [0.3, 0.4) is 0 Å². The number of hydrogen-bond acceptors (Lipinski definition) is 12. The molecule has 15 nitrogen and oxygen atoms in total. The monoisotopic (exact) mass is 1050 g/mol. The van der Waals surface area contributed by atoms with Crippen molar-refractivity contribution < 1.29 is 49.8 Å². The number of fused-ring (bicyclic) bond motifs is 10. The van der Waals surface area contributed by atoms with Crippen LogP contribution in [0.15, 0.2) is 70.6 Å². The molecule has 1 aromatic heterocycles. The Labute approximate surface area is 447 Å². The van der Waals surface area contributed by atoms with Gasteiger partial charge >= 0.3 is 5.97 Å². The van der Waals surface area contributed by atoms with E-state index in [1.807, 2.05) is 25.4 Å². The van der Waals surface area contributed by atoms with Crippen molar-refractivity contribution in [3.63, 3.8) is 0 Å². The van der Waals surface area contributed by atoms with Crippen LogP contribution in [0.25, 0.3) is 0 Å². The third-order valence-electron chi connectivity index (χ3n) is 21.2. The van der Waals surface area contributed by atoms with Gasteiger partial charge in [0.1, 0.15) is 5.75 Å². The number of aliphatic hydroxyl groups excluding tert-OH is 3. The molecule has 0 bridgehead atoms. The van der Waals surface area contributed by atoms with Gasteiger partial charge in [0.25, 0.3) is 0 Å². The molecule has 1 saturated heterocycles. The molecule has 12 N–H and O–H groups in total. The Morgan fingerprint density at radius 3 is 2.46 bits per heavy atom. The summed E-state index contributed by atoms with van der Waals surface area (Å²) >= 11 is 0. The van der Waals surface area contributed by atoms with Crippen LogP contribution in [0, 0.1) is 87.8 Å². The molecule has 1 aromatic carbocycles. The van der Waals surface area contributed by atoms with Gasteiger partial charge in [0.05, 0.1) is 54.3 Å².